The summed E-state index contributed by atoms with van der Waals surface area (Å²) in [6.45, 7) is 9.05. The molecule has 90 valence electrons. The summed E-state index contributed by atoms with van der Waals surface area (Å²) in [5.74, 6) is 0. The molecule has 4 heteroatoms. The van der Waals surface area contributed by atoms with Crippen molar-refractivity contribution in [3.8, 4) is 0 Å². The third-order valence-corrected chi connectivity index (χ3v) is 3.01. The molecule has 0 amide bonds. The van der Waals surface area contributed by atoms with E-state index in [1.165, 1.54) is 0 Å². The molecule has 0 unspecified atom stereocenters. The molecule has 0 saturated carbocycles. The van der Waals surface area contributed by atoms with Crippen LogP contribution in [0, 0.1) is 0 Å². The van der Waals surface area contributed by atoms with Crippen molar-refractivity contribution >= 4 is 22.1 Å². The zero-order valence-corrected chi connectivity index (χ0v) is 10.1. The van der Waals surface area contributed by atoms with E-state index < -0.39 is 0 Å². The van der Waals surface area contributed by atoms with Crippen LogP contribution in [0.4, 0.5) is 0 Å². The average molecular weight is 238 g/mol. The molecule has 0 aliphatic carbocycles. The van der Waals surface area contributed by atoms with Gasteiger partial charge >= 0.3 is 0 Å². The number of fused-ring (bicyclic) bond motifs is 3. The quantitative estimate of drug-likeness (QED) is 0.655. The van der Waals surface area contributed by atoms with Crippen molar-refractivity contribution in [3.63, 3.8) is 0 Å². The standard InChI is InChI=1S/C14H14N4/c1-3-7-17-9-15-11-5-6-12-14(13(11)17)18(8-4-2)10-16-12/h3-6,9-10H,1-2,7-8H2. The van der Waals surface area contributed by atoms with E-state index in [1.807, 2.05) is 36.9 Å². The smallest absolute Gasteiger partial charge is 0.0961 e. The van der Waals surface area contributed by atoms with Crippen molar-refractivity contribution < 1.29 is 0 Å². The van der Waals surface area contributed by atoms with Gasteiger partial charge in [0, 0.05) is 13.1 Å². The minimum Gasteiger partial charge on any atom is -0.325 e. The largest absolute Gasteiger partial charge is 0.325 e. The molecule has 0 radical (unpaired) electrons. The lowest BCUT2D eigenvalue weighted by Gasteiger charge is -2.04. The van der Waals surface area contributed by atoms with E-state index in [4.69, 9.17) is 0 Å². The molecule has 0 atom stereocenters. The lowest BCUT2D eigenvalue weighted by Crippen LogP contribution is -1.97. The van der Waals surface area contributed by atoms with E-state index in [0.29, 0.717) is 0 Å². The van der Waals surface area contributed by atoms with Gasteiger partial charge in [-0.3, -0.25) is 0 Å². The first-order chi connectivity index (χ1) is 8.85. The van der Waals surface area contributed by atoms with E-state index in [0.717, 1.165) is 35.2 Å². The van der Waals surface area contributed by atoms with Crippen molar-refractivity contribution in [1.29, 1.82) is 0 Å². The maximum absolute atomic E-state index is 4.42. The topological polar surface area (TPSA) is 35.6 Å². The zero-order chi connectivity index (χ0) is 12.5. The number of rotatable bonds is 4. The molecule has 0 N–H and O–H groups in total. The molecule has 0 bridgehead atoms. The van der Waals surface area contributed by atoms with E-state index >= 15 is 0 Å². The Labute approximate surface area is 105 Å². The number of allylic oxidation sites excluding steroid dienone is 2. The van der Waals surface area contributed by atoms with Gasteiger partial charge in [-0.05, 0) is 12.1 Å². The molecule has 2 aromatic heterocycles. The minimum atomic E-state index is 0.745. The molecule has 0 spiro atoms. The second-order valence-electron chi connectivity index (χ2n) is 4.17. The number of imidazole rings is 2. The Hall–Kier alpha value is -2.36. The molecular weight excluding hydrogens is 224 g/mol. The van der Waals surface area contributed by atoms with Gasteiger partial charge in [-0.15, -0.1) is 13.2 Å². The average Bonchev–Trinajstić information content (AvgIpc) is 2.95. The summed E-state index contributed by atoms with van der Waals surface area (Å²) in [6.07, 6.45) is 7.43. The van der Waals surface area contributed by atoms with Gasteiger partial charge in [0.1, 0.15) is 0 Å². The summed E-state index contributed by atoms with van der Waals surface area (Å²) < 4.78 is 4.18. The lowest BCUT2D eigenvalue weighted by molar-refractivity contribution is 0.831. The Bertz CT molecular complexity index is 669. The minimum absolute atomic E-state index is 0.745. The predicted molar refractivity (Wildman–Crippen MR) is 73.4 cm³/mol. The van der Waals surface area contributed by atoms with Gasteiger partial charge in [0.05, 0.1) is 34.7 Å². The SMILES string of the molecule is C=CCn1cnc2ccc3ncn(CC=C)c3c21. The van der Waals surface area contributed by atoms with Gasteiger partial charge in [-0.1, -0.05) is 12.2 Å². The van der Waals surface area contributed by atoms with Gasteiger partial charge in [0.2, 0.25) is 0 Å². The van der Waals surface area contributed by atoms with Crippen molar-refractivity contribution in [3.05, 3.63) is 50.1 Å². The normalized spacial score (nSPS) is 11.1. The van der Waals surface area contributed by atoms with Crippen molar-refractivity contribution in [2.75, 3.05) is 0 Å². The van der Waals surface area contributed by atoms with Crippen LogP contribution in [0.3, 0.4) is 0 Å². The van der Waals surface area contributed by atoms with Crippen LogP contribution in [0.2, 0.25) is 0 Å². The number of hydrogen-bond acceptors (Lipinski definition) is 2. The summed E-state index contributed by atoms with van der Waals surface area (Å²) in [7, 11) is 0. The van der Waals surface area contributed by atoms with Crippen LogP contribution in [-0.2, 0) is 13.1 Å². The first kappa shape index (κ1) is 10.8. The van der Waals surface area contributed by atoms with Gasteiger partial charge in [-0.25, -0.2) is 9.97 Å². The molecule has 18 heavy (non-hydrogen) atoms. The summed E-state index contributed by atoms with van der Waals surface area (Å²) >= 11 is 0. The van der Waals surface area contributed by atoms with Gasteiger partial charge in [0.15, 0.2) is 0 Å². The van der Waals surface area contributed by atoms with Crippen LogP contribution in [-0.4, -0.2) is 19.1 Å². The fraction of sp³-hybridized carbons (Fsp3) is 0.143. The predicted octanol–water partition coefficient (Wildman–Crippen LogP) is 2.76. The van der Waals surface area contributed by atoms with E-state index in [-0.39, 0.29) is 0 Å². The van der Waals surface area contributed by atoms with Crippen LogP contribution >= 0.6 is 0 Å². The molecule has 4 nitrogen and oxygen atoms in total. The third kappa shape index (κ3) is 1.46. The van der Waals surface area contributed by atoms with Crippen molar-refractivity contribution in [2.24, 2.45) is 0 Å². The Morgan fingerprint density at radius 1 is 0.889 bits per heavy atom. The van der Waals surface area contributed by atoms with Gasteiger partial charge < -0.3 is 9.13 Å². The van der Waals surface area contributed by atoms with Crippen LogP contribution in [0.5, 0.6) is 0 Å². The number of hydrogen-bond donors (Lipinski definition) is 0. The molecule has 3 rings (SSSR count). The van der Waals surface area contributed by atoms with E-state index in [2.05, 4.69) is 32.3 Å². The van der Waals surface area contributed by atoms with Crippen LogP contribution in [0.15, 0.2) is 50.1 Å². The summed E-state index contributed by atoms with van der Waals surface area (Å²) in [6, 6.07) is 4.00. The molecular formula is C14H14N4. The highest BCUT2D eigenvalue weighted by Gasteiger charge is 2.11. The molecule has 0 saturated heterocycles. The highest BCUT2D eigenvalue weighted by molar-refractivity contribution is 6.00. The van der Waals surface area contributed by atoms with Crippen LogP contribution in [0.1, 0.15) is 0 Å². The maximum Gasteiger partial charge on any atom is 0.0961 e. The first-order valence-corrected chi connectivity index (χ1v) is 5.85. The summed E-state index contributed by atoms with van der Waals surface area (Å²) in [5, 5.41) is 0. The Morgan fingerprint density at radius 3 is 1.72 bits per heavy atom. The van der Waals surface area contributed by atoms with Crippen molar-refractivity contribution in [2.45, 2.75) is 13.1 Å². The fourth-order valence-electron chi connectivity index (χ4n) is 2.27. The van der Waals surface area contributed by atoms with Crippen molar-refractivity contribution in [1.82, 2.24) is 19.1 Å². The number of aromatic nitrogens is 4. The number of nitrogens with zero attached hydrogens (tertiary/aromatic N) is 4. The third-order valence-electron chi connectivity index (χ3n) is 3.01. The second kappa shape index (κ2) is 4.14. The molecule has 0 aliphatic rings. The van der Waals surface area contributed by atoms with Crippen LogP contribution in [0.25, 0.3) is 22.1 Å². The second-order valence-corrected chi connectivity index (χ2v) is 4.17. The lowest BCUT2D eigenvalue weighted by atomic mass is 10.2. The Balaban J connectivity index is 2.40. The van der Waals surface area contributed by atoms with E-state index in [1.54, 1.807) is 0 Å². The zero-order valence-electron chi connectivity index (χ0n) is 10.1. The van der Waals surface area contributed by atoms with Gasteiger partial charge in [-0.2, -0.15) is 0 Å². The van der Waals surface area contributed by atoms with Crippen LogP contribution < -0.4 is 0 Å². The molecule has 0 fully saturated rings. The van der Waals surface area contributed by atoms with E-state index in [9.17, 15) is 0 Å². The summed E-state index contributed by atoms with van der Waals surface area (Å²) in [4.78, 5) is 8.83. The Kier molecular flexibility index (Phi) is 2.48. The Morgan fingerprint density at radius 2 is 1.33 bits per heavy atom. The maximum atomic E-state index is 4.42. The molecule has 3 aromatic rings. The molecule has 1 aromatic carbocycles. The monoisotopic (exact) mass is 238 g/mol. The molecule has 2 heterocycles. The summed E-state index contributed by atoms with van der Waals surface area (Å²) in [5.41, 5.74) is 4.17. The molecule has 0 aliphatic heterocycles. The number of benzene rings is 1. The highest BCUT2D eigenvalue weighted by atomic mass is 15.1. The fourth-order valence-corrected chi connectivity index (χ4v) is 2.27. The first-order valence-electron chi connectivity index (χ1n) is 5.85. The highest BCUT2D eigenvalue weighted by Crippen LogP contribution is 2.24. The van der Waals surface area contributed by atoms with Gasteiger partial charge in [0.25, 0.3) is 0 Å².